The van der Waals surface area contributed by atoms with Gasteiger partial charge >= 0.3 is 12.1 Å². The second-order valence-corrected chi connectivity index (χ2v) is 10.0. The zero-order valence-electron chi connectivity index (χ0n) is 23.3. The van der Waals surface area contributed by atoms with Gasteiger partial charge in [0.1, 0.15) is 0 Å². The van der Waals surface area contributed by atoms with E-state index in [4.69, 9.17) is 9.90 Å². The van der Waals surface area contributed by atoms with Gasteiger partial charge in [-0.1, -0.05) is 35.9 Å². The molecule has 12 heteroatoms. The number of carboxylic acids is 1. The van der Waals surface area contributed by atoms with Crippen molar-refractivity contribution < 1.29 is 32.7 Å². The molecule has 0 saturated carbocycles. The Morgan fingerprint density at radius 1 is 0.902 bits per heavy atom. The number of benzene rings is 2. The summed E-state index contributed by atoms with van der Waals surface area (Å²) in [5, 5.41) is 10.4. The van der Waals surface area contributed by atoms with Gasteiger partial charge in [0.05, 0.1) is 0 Å². The summed E-state index contributed by atoms with van der Waals surface area (Å²) in [6, 6.07) is 18.3. The van der Waals surface area contributed by atoms with Crippen molar-refractivity contribution in [2.45, 2.75) is 19.5 Å². The first-order valence-electron chi connectivity index (χ1n) is 13.7. The Kier molecular flexibility index (Phi) is 12.0. The highest BCUT2D eigenvalue weighted by atomic mass is 19.4. The summed E-state index contributed by atoms with van der Waals surface area (Å²) in [7, 11) is 0. The van der Waals surface area contributed by atoms with Gasteiger partial charge in [0, 0.05) is 89.7 Å². The Balaban J connectivity index is 0.000000587. The molecule has 2 amide bonds. The van der Waals surface area contributed by atoms with Gasteiger partial charge in [-0.2, -0.15) is 13.2 Å². The Hall–Kier alpha value is -3.64. The third kappa shape index (κ3) is 10.4. The molecule has 0 bridgehead atoms. The summed E-state index contributed by atoms with van der Waals surface area (Å²) in [6.45, 7) is 11.0. The summed E-state index contributed by atoms with van der Waals surface area (Å²) in [5.74, 6) is -2.60. The highest BCUT2D eigenvalue weighted by Gasteiger charge is 2.38. The Morgan fingerprint density at radius 2 is 1.54 bits per heavy atom. The number of carbonyl (C=O) groups excluding carboxylic acids is 2. The second-order valence-electron chi connectivity index (χ2n) is 10.0. The fourth-order valence-corrected chi connectivity index (χ4v) is 4.71. The number of amides is 2. The van der Waals surface area contributed by atoms with Gasteiger partial charge in [-0.25, -0.2) is 4.79 Å². The molecule has 9 nitrogen and oxygen atoms in total. The number of aliphatic carboxylic acids is 1. The highest BCUT2D eigenvalue weighted by molar-refractivity contribution is 5.94. The molecule has 2 saturated heterocycles. The number of hydrogen-bond donors (Lipinski definition) is 2. The van der Waals surface area contributed by atoms with Crippen LogP contribution in [0.2, 0.25) is 0 Å². The molecule has 2 heterocycles. The van der Waals surface area contributed by atoms with Crippen molar-refractivity contribution >= 4 is 23.5 Å². The van der Waals surface area contributed by atoms with Crippen molar-refractivity contribution in [1.82, 2.24) is 20.0 Å². The number of aryl methyl sites for hydroxylation is 1. The summed E-state index contributed by atoms with van der Waals surface area (Å²) < 4.78 is 31.7. The van der Waals surface area contributed by atoms with E-state index >= 15 is 0 Å². The van der Waals surface area contributed by atoms with Crippen molar-refractivity contribution in [3.63, 3.8) is 0 Å². The topological polar surface area (TPSA) is 96.4 Å². The molecule has 0 radical (unpaired) electrons. The number of hydrogen-bond acceptors (Lipinski definition) is 6. The lowest BCUT2D eigenvalue weighted by atomic mass is 10.1. The monoisotopic (exact) mass is 577 g/mol. The SMILES string of the molecule is Cc1cccc(C(=O)N(CCC(=O)N2CCNCC2)CCN2CCN(c3ccccc3)CC2)c1.O=C(O)C(F)(F)F. The van der Waals surface area contributed by atoms with Crippen LogP contribution in [0.15, 0.2) is 54.6 Å². The predicted molar refractivity (Wildman–Crippen MR) is 150 cm³/mol. The van der Waals surface area contributed by atoms with Crippen LogP contribution in [0.25, 0.3) is 0 Å². The summed E-state index contributed by atoms with van der Waals surface area (Å²) in [6.07, 6.45) is -4.71. The van der Waals surface area contributed by atoms with Gasteiger partial charge in [0.2, 0.25) is 5.91 Å². The van der Waals surface area contributed by atoms with Crippen LogP contribution in [0.3, 0.4) is 0 Å². The fourth-order valence-electron chi connectivity index (χ4n) is 4.71. The molecular formula is C29H38F3N5O4. The number of halogens is 3. The van der Waals surface area contributed by atoms with Crippen LogP contribution < -0.4 is 10.2 Å². The molecule has 41 heavy (non-hydrogen) atoms. The van der Waals surface area contributed by atoms with E-state index in [9.17, 15) is 22.8 Å². The summed E-state index contributed by atoms with van der Waals surface area (Å²) in [4.78, 5) is 43.6. The maximum atomic E-state index is 13.4. The number of para-hydroxylation sites is 1. The highest BCUT2D eigenvalue weighted by Crippen LogP contribution is 2.16. The minimum atomic E-state index is -5.08. The number of rotatable bonds is 8. The number of carbonyl (C=O) groups is 3. The van der Waals surface area contributed by atoms with Crippen LogP contribution in [0.1, 0.15) is 22.3 Å². The molecule has 2 aliphatic rings. The van der Waals surface area contributed by atoms with Gasteiger partial charge < -0.3 is 25.1 Å². The molecule has 2 aromatic carbocycles. The number of anilines is 1. The Bertz CT molecular complexity index is 1130. The van der Waals surface area contributed by atoms with Crippen LogP contribution in [-0.2, 0) is 9.59 Å². The molecule has 224 valence electrons. The number of alkyl halides is 3. The Morgan fingerprint density at radius 3 is 2.12 bits per heavy atom. The molecule has 4 rings (SSSR count). The van der Waals surface area contributed by atoms with Crippen molar-refractivity contribution in [3.8, 4) is 0 Å². The normalized spacial score (nSPS) is 16.0. The zero-order chi connectivity index (χ0) is 29.8. The van der Waals surface area contributed by atoms with Gasteiger partial charge in [-0.05, 0) is 31.2 Å². The molecule has 0 unspecified atom stereocenters. The maximum absolute atomic E-state index is 13.4. The minimum Gasteiger partial charge on any atom is -0.475 e. The molecule has 2 N–H and O–H groups in total. The standard InChI is InChI=1S/C27H37N5O2.C2HF3O2/c1-23-6-5-7-24(22-23)27(34)32(13-10-26(33)31-14-11-28-12-15-31)21-18-29-16-19-30(20-17-29)25-8-3-2-4-9-25;3-2(4,5)1(6)7/h2-9,22,28H,10-21H2,1H3;(H,6,7). The van der Waals surface area contributed by atoms with Crippen LogP contribution in [0, 0.1) is 6.92 Å². The molecule has 0 aromatic heterocycles. The molecule has 0 spiro atoms. The van der Waals surface area contributed by atoms with E-state index in [2.05, 4.69) is 39.4 Å². The van der Waals surface area contributed by atoms with E-state index in [-0.39, 0.29) is 11.8 Å². The largest absolute Gasteiger partial charge is 0.490 e. The molecule has 2 fully saturated rings. The average molecular weight is 578 g/mol. The molecule has 2 aliphatic heterocycles. The second kappa shape index (κ2) is 15.4. The number of nitrogens with one attached hydrogen (secondary N) is 1. The lowest BCUT2D eigenvalue weighted by Gasteiger charge is -2.37. The Labute approximate surface area is 238 Å². The summed E-state index contributed by atoms with van der Waals surface area (Å²) in [5.41, 5.74) is 3.04. The fraction of sp³-hybridized carbons (Fsp3) is 0.483. The van der Waals surface area contributed by atoms with E-state index in [1.807, 2.05) is 47.1 Å². The summed E-state index contributed by atoms with van der Waals surface area (Å²) >= 11 is 0. The predicted octanol–water partition coefficient (Wildman–Crippen LogP) is 2.71. The quantitative estimate of drug-likeness (QED) is 0.498. The van der Waals surface area contributed by atoms with Crippen LogP contribution in [0.4, 0.5) is 18.9 Å². The minimum absolute atomic E-state index is 0.0136. The zero-order valence-corrected chi connectivity index (χ0v) is 23.3. The molecular weight excluding hydrogens is 539 g/mol. The third-order valence-corrected chi connectivity index (χ3v) is 7.04. The van der Waals surface area contributed by atoms with E-state index in [0.29, 0.717) is 25.1 Å². The smallest absolute Gasteiger partial charge is 0.475 e. The van der Waals surface area contributed by atoms with Crippen LogP contribution in [0.5, 0.6) is 0 Å². The first-order valence-corrected chi connectivity index (χ1v) is 13.7. The number of nitrogens with zero attached hydrogens (tertiary/aromatic N) is 4. The van der Waals surface area contributed by atoms with E-state index < -0.39 is 12.1 Å². The molecule has 0 atom stereocenters. The van der Waals surface area contributed by atoms with Crippen molar-refractivity contribution in [1.29, 1.82) is 0 Å². The number of piperazine rings is 2. The molecule has 2 aromatic rings. The van der Waals surface area contributed by atoms with Crippen LogP contribution in [-0.4, -0.2) is 116 Å². The van der Waals surface area contributed by atoms with Gasteiger partial charge in [0.15, 0.2) is 0 Å². The van der Waals surface area contributed by atoms with Crippen LogP contribution >= 0.6 is 0 Å². The lowest BCUT2D eigenvalue weighted by molar-refractivity contribution is -0.192. The average Bonchev–Trinajstić information content (AvgIpc) is 2.98. The van der Waals surface area contributed by atoms with Crippen molar-refractivity contribution in [2.75, 3.05) is 76.9 Å². The third-order valence-electron chi connectivity index (χ3n) is 7.04. The van der Waals surface area contributed by atoms with Gasteiger partial charge in [-0.15, -0.1) is 0 Å². The van der Waals surface area contributed by atoms with Gasteiger partial charge in [0.25, 0.3) is 5.91 Å². The molecule has 0 aliphatic carbocycles. The van der Waals surface area contributed by atoms with E-state index in [0.717, 1.165) is 64.5 Å². The first-order chi connectivity index (χ1) is 19.5. The first kappa shape index (κ1) is 31.9. The van der Waals surface area contributed by atoms with E-state index in [1.54, 1.807) is 0 Å². The van der Waals surface area contributed by atoms with Gasteiger partial charge in [-0.3, -0.25) is 14.5 Å². The number of carboxylic acid groups (broad SMARTS) is 1. The van der Waals surface area contributed by atoms with Crippen molar-refractivity contribution in [2.24, 2.45) is 0 Å². The maximum Gasteiger partial charge on any atom is 0.490 e. The van der Waals surface area contributed by atoms with Crippen molar-refractivity contribution in [3.05, 3.63) is 65.7 Å². The lowest BCUT2D eigenvalue weighted by Crippen LogP contribution is -2.50. The van der Waals surface area contributed by atoms with E-state index in [1.165, 1.54) is 5.69 Å².